The van der Waals surface area contributed by atoms with Crippen LogP contribution < -0.4 is 16.4 Å². The summed E-state index contributed by atoms with van der Waals surface area (Å²) >= 11 is 0. The van der Waals surface area contributed by atoms with E-state index in [2.05, 4.69) is 10.6 Å². The molecule has 3 unspecified atom stereocenters. The number of rotatable bonds is 85. The molecule has 33 heteroatoms. The molecule has 0 radical (unpaired) electrons. The Hall–Kier alpha value is -3.25. The number of amides is 4. The Kier molecular flexibility index (Phi) is 73.0. The van der Waals surface area contributed by atoms with Crippen LogP contribution in [0.1, 0.15) is 66.2 Å². The molecule has 33 nitrogen and oxygen atoms in total. The summed E-state index contributed by atoms with van der Waals surface area (Å²) in [6.07, 6.45) is 2.21. The molecule has 0 bridgehead atoms. The number of hydrogen-bond acceptors (Lipinski definition) is 30. The van der Waals surface area contributed by atoms with Gasteiger partial charge in [0.2, 0.25) is 23.6 Å². The summed E-state index contributed by atoms with van der Waals surface area (Å²) < 4.78 is 132. The van der Waals surface area contributed by atoms with Crippen LogP contribution in [0.3, 0.4) is 0 Å². The fourth-order valence-corrected chi connectivity index (χ4v) is 9.12. The van der Waals surface area contributed by atoms with Gasteiger partial charge in [-0.2, -0.15) is 0 Å². The van der Waals surface area contributed by atoms with Crippen molar-refractivity contribution in [1.29, 1.82) is 0 Å². The van der Waals surface area contributed by atoms with Gasteiger partial charge in [-0.25, -0.2) is 0 Å². The van der Waals surface area contributed by atoms with Crippen molar-refractivity contribution in [3.05, 3.63) is 0 Å². The van der Waals surface area contributed by atoms with Crippen molar-refractivity contribution in [3.8, 4) is 0 Å². The number of methoxy groups -OCH3 is 1. The predicted molar refractivity (Wildman–Crippen MR) is 376 cm³/mol. The third-order valence-corrected chi connectivity index (χ3v) is 14.4. The topological polar surface area (TPSA) is 360 Å². The Morgan fingerprint density at radius 3 is 0.874 bits per heavy atom. The Morgan fingerprint density at radius 1 is 0.388 bits per heavy atom. The van der Waals surface area contributed by atoms with Gasteiger partial charge in [0.1, 0.15) is 6.04 Å². The quantitative estimate of drug-likeness (QED) is 0.0568. The number of hydrogen-bond donors (Lipinski definition) is 3. The molecule has 0 aromatic heterocycles. The van der Waals surface area contributed by atoms with E-state index < -0.39 is 35.7 Å². The van der Waals surface area contributed by atoms with Gasteiger partial charge in [0.05, 0.1) is 317 Å². The highest BCUT2D eigenvalue weighted by Gasteiger charge is 2.45. The molecule has 4 amide bonds. The van der Waals surface area contributed by atoms with Crippen LogP contribution in [0.15, 0.2) is 0 Å². The minimum atomic E-state index is -1.18. The van der Waals surface area contributed by atoms with Gasteiger partial charge in [0, 0.05) is 44.9 Å². The summed E-state index contributed by atoms with van der Waals surface area (Å²) in [5, 5.41) is 5.61. The summed E-state index contributed by atoms with van der Waals surface area (Å²) in [5.74, 6) is -2.40. The summed E-state index contributed by atoms with van der Waals surface area (Å²) in [6, 6.07) is -2.00. The second-order valence-electron chi connectivity index (χ2n) is 23.7. The lowest BCUT2D eigenvalue weighted by Crippen LogP contribution is -2.56. The van der Waals surface area contributed by atoms with Crippen LogP contribution in [0.5, 0.6) is 0 Å². The summed E-state index contributed by atoms with van der Waals surface area (Å²) in [5.41, 5.74) is 5.89. The van der Waals surface area contributed by atoms with Gasteiger partial charge >= 0.3 is 0 Å². The minimum Gasteiger partial charge on any atom is -0.382 e. The molecule has 1 saturated heterocycles. The lowest BCUT2D eigenvalue weighted by atomic mass is 9.96. The van der Waals surface area contributed by atoms with Gasteiger partial charge in [-0.15, -0.1) is 0 Å². The maximum Gasteiger partial charge on any atom is 0.245 e. The minimum absolute atomic E-state index is 0.0460. The van der Waals surface area contributed by atoms with E-state index in [4.69, 9.17) is 119 Å². The lowest BCUT2D eigenvalue weighted by molar-refractivity contribution is -0.147. The maximum absolute atomic E-state index is 13.3. The Morgan fingerprint density at radius 2 is 0.641 bits per heavy atom. The van der Waals surface area contributed by atoms with Crippen molar-refractivity contribution in [1.82, 2.24) is 15.5 Å². The van der Waals surface area contributed by atoms with E-state index in [9.17, 15) is 24.0 Å². The number of imide groups is 1. The van der Waals surface area contributed by atoms with Crippen LogP contribution in [-0.2, 0) is 138 Å². The number of ether oxygens (including phenoxy) is 24. The zero-order chi connectivity index (χ0) is 74.6. The molecule has 0 saturated carbocycles. The van der Waals surface area contributed by atoms with Crippen molar-refractivity contribution in [2.24, 2.45) is 23.5 Å². The van der Waals surface area contributed by atoms with Crippen molar-refractivity contribution in [2.75, 3.05) is 331 Å². The third-order valence-electron chi connectivity index (χ3n) is 14.4. The molecule has 1 aliphatic heterocycles. The van der Waals surface area contributed by atoms with E-state index in [1.54, 1.807) is 21.0 Å². The zero-order valence-electron chi connectivity index (χ0n) is 63.1. The molecule has 0 spiro atoms. The molecule has 608 valence electrons. The fraction of sp³-hybridized carbons (Fsp3) is 0.929. The number of carbonyl (C=O) groups excluding carboxylic acids is 5. The van der Waals surface area contributed by atoms with E-state index >= 15 is 0 Å². The van der Waals surface area contributed by atoms with Crippen molar-refractivity contribution >= 4 is 29.4 Å². The van der Waals surface area contributed by atoms with E-state index in [-0.39, 0.29) is 49.5 Å². The largest absolute Gasteiger partial charge is 0.382 e. The first kappa shape index (κ1) is 97.8. The number of ketones is 1. The van der Waals surface area contributed by atoms with E-state index in [1.807, 2.05) is 13.8 Å². The molecular weight excluding hydrogens is 1360 g/mol. The highest BCUT2D eigenvalue weighted by Crippen LogP contribution is 2.27. The molecule has 103 heavy (non-hydrogen) atoms. The molecule has 0 aromatic carbocycles. The Labute approximate surface area is 613 Å². The van der Waals surface area contributed by atoms with Crippen LogP contribution in [-0.4, -0.2) is 377 Å². The van der Waals surface area contributed by atoms with Gasteiger partial charge in [-0.05, 0) is 31.6 Å². The van der Waals surface area contributed by atoms with E-state index in [0.717, 1.165) is 4.90 Å². The molecule has 1 aliphatic rings. The van der Waals surface area contributed by atoms with Gasteiger partial charge in [0.25, 0.3) is 0 Å². The van der Waals surface area contributed by atoms with Crippen LogP contribution in [0.25, 0.3) is 0 Å². The van der Waals surface area contributed by atoms with Gasteiger partial charge in [-0.1, -0.05) is 27.7 Å². The average molecular weight is 1500 g/mol. The van der Waals surface area contributed by atoms with Gasteiger partial charge < -0.3 is 130 Å². The zero-order valence-corrected chi connectivity index (χ0v) is 63.1. The first-order valence-electron chi connectivity index (χ1n) is 37.0. The molecular formula is C70H134N4O29. The number of nitrogens with two attached hydrogens (primary N) is 1. The number of likely N-dealkylation sites (tertiary alicyclic amines) is 1. The number of unbranched alkanes of at least 4 members (excludes halogenated alkanes) is 1. The van der Waals surface area contributed by atoms with Crippen LogP contribution in [0, 0.1) is 17.8 Å². The monoisotopic (exact) mass is 1490 g/mol. The van der Waals surface area contributed by atoms with Gasteiger partial charge in [0.15, 0.2) is 5.78 Å². The van der Waals surface area contributed by atoms with Crippen LogP contribution in [0.4, 0.5) is 0 Å². The van der Waals surface area contributed by atoms with Crippen molar-refractivity contribution < 1.29 is 138 Å². The number of nitrogens with zero attached hydrogens (tertiary/aromatic N) is 1. The molecule has 0 aromatic rings. The second kappa shape index (κ2) is 76.9. The van der Waals surface area contributed by atoms with Crippen LogP contribution in [0.2, 0.25) is 0 Å². The summed E-state index contributed by atoms with van der Waals surface area (Å²) in [4.78, 5) is 65.4. The number of carbonyl (C=O) groups is 5. The third kappa shape index (κ3) is 64.5. The highest BCUT2D eigenvalue weighted by molar-refractivity contribution is 6.07. The van der Waals surface area contributed by atoms with Crippen LogP contribution >= 0.6 is 0 Å². The van der Waals surface area contributed by atoms with E-state index in [0.29, 0.717) is 336 Å². The first-order chi connectivity index (χ1) is 50.5. The average Bonchev–Trinajstić information content (AvgIpc) is 1.67. The Bertz CT molecular complexity index is 1900. The van der Waals surface area contributed by atoms with Crippen molar-refractivity contribution in [2.45, 2.75) is 78.3 Å². The standard InChI is InChI=1S/C70H134N4O29/c1-61(2)58-63-59-67(76)74(70(63)79)65(60-71)69(78)73-64(68(77)62(3)4)8-6-7-10-72-66(75)9-11-81-14-15-83-18-19-85-22-23-87-26-27-89-30-31-91-34-35-93-38-39-95-42-43-97-46-47-99-50-51-101-54-55-103-57-56-102-53-52-100-49-48-98-45-44-96-41-40-94-37-36-92-33-32-90-29-28-88-25-24-86-21-20-84-17-16-82-13-12-80-5/h61-65H,6-60,71H2,1-5H3,(H,72,75)(H,73,78). The summed E-state index contributed by atoms with van der Waals surface area (Å²) in [7, 11) is 1.64. The maximum atomic E-state index is 13.3. The number of nitrogens with one attached hydrogen (secondary N) is 2. The highest BCUT2D eigenvalue weighted by atomic mass is 16.6. The molecule has 0 aliphatic carbocycles. The van der Waals surface area contributed by atoms with Crippen molar-refractivity contribution in [3.63, 3.8) is 0 Å². The van der Waals surface area contributed by atoms with E-state index in [1.165, 1.54) is 0 Å². The lowest BCUT2D eigenvalue weighted by Gasteiger charge is -2.27. The normalized spacial score (nSPS) is 13.9. The second-order valence-corrected chi connectivity index (χ2v) is 23.7. The summed E-state index contributed by atoms with van der Waals surface area (Å²) in [6.45, 7) is 29.5. The SMILES string of the molecule is COCCOCCOCCOCCOCCOCCOCCOCCOCCOCCOCCOCCOCCOCCOCCOCCOCCOCCOCCOCCOCCOCCOCCOCCC(=O)NCCCCC(NC(=O)C(CN)N1C(=O)CC(CC(C)C)C1=O)C(=O)C(C)C. The fourth-order valence-electron chi connectivity index (χ4n) is 9.12. The molecule has 1 heterocycles. The molecule has 3 atom stereocenters. The predicted octanol–water partition coefficient (Wildman–Crippen LogP) is 1.15. The smallest absolute Gasteiger partial charge is 0.245 e. The Balaban J connectivity index is 1.71. The molecule has 1 fully saturated rings. The molecule has 1 rings (SSSR count). The number of Topliss-reactive ketones (excluding diaryl/α,β-unsaturated/α-hetero) is 1. The van der Waals surface area contributed by atoms with Gasteiger partial charge in [-0.3, -0.25) is 28.9 Å². The molecule has 4 N–H and O–H groups in total. The first-order valence-corrected chi connectivity index (χ1v) is 37.0.